The van der Waals surface area contributed by atoms with Gasteiger partial charge in [-0.1, -0.05) is 6.07 Å². The van der Waals surface area contributed by atoms with E-state index in [9.17, 15) is 9.59 Å². The quantitative estimate of drug-likeness (QED) is 0.911. The van der Waals surface area contributed by atoms with Crippen LogP contribution in [0.2, 0.25) is 0 Å². The van der Waals surface area contributed by atoms with Crippen molar-refractivity contribution < 1.29 is 9.59 Å². The Hall–Kier alpha value is -2.82. The van der Waals surface area contributed by atoms with Gasteiger partial charge in [-0.2, -0.15) is 0 Å². The van der Waals surface area contributed by atoms with E-state index in [1.54, 1.807) is 24.3 Å². The van der Waals surface area contributed by atoms with Crippen molar-refractivity contribution in [2.45, 2.75) is 19.8 Å². The SMILES string of the molecule is CC(=O)Nc1cccc(C(=O)Nc2ccc3c(c2)CCCN3C)c1. The van der Waals surface area contributed by atoms with Crippen molar-refractivity contribution in [2.24, 2.45) is 0 Å². The third-order valence-electron chi connectivity index (χ3n) is 4.13. The van der Waals surface area contributed by atoms with Gasteiger partial charge in [-0.3, -0.25) is 9.59 Å². The predicted octanol–water partition coefficient (Wildman–Crippen LogP) is 3.28. The largest absolute Gasteiger partial charge is 0.374 e. The summed E-state index contributed by atoms with van der Waals surface area (Å²) in [4.78, 5) is 25.8. The molecule has 2 amide bonds. The van der Waals surface area contributed by atoms with Gasteiger partial charge < -0.3 is 15.5 Å². The molecular weight excluding hydrogens is 302 g/mol. The Kier molecular flexibility index (Phi) is 4.51. The molecule has 0 radical (unpaired) electrons. The van der Waals surface area contributed by atoms with Gasteiger partial charge in [-0.05, 0) is 54.8 Å². The van der Waals surface area contributed by atoms with Crippen molar-refractivity contribution in [3.8, 4) is 0 Å². The average Bonchev–Trinajstić information content (AvgIpc) is 2.54. The molecular formula is C19H21N3O2. The van der Waals surface area contributed by atoms with Crippen molar-refractivity contribution in [2.75, 3.05) is 29.1 Å². The molecule has 124 valence electrons. The molecule has 5 nitrogen and oxygen atoms in total. The number of nitrogens with zero attached hydrogens (tertiary/aromatic N) is 1. The molecule has 1 heterocycles. The first-order valence-electron chi connectivity index (χ1n) is 8.06. The van der Waals surface area contributed by atoms with Crippen molar-refractivity contribution >= 4 is 28.9 Å². The number of hydrogen-bond acceptors (Lipinski definition) is 3. The normalized spacial score (nSPS) is 13.2. The van der Waals surface area contributed by atoms with E-state index in [0.29, 0.717) is 11.3 Å². The number of rotatable bonds is 3. The maximum atomic E-state index is 12.5. The Balaban J connectivity index is 1.76. The molecule has 0 aromatic heterocycles. The fourth-order valence-electron chi connectivity index (χ4n) is 3.01. The molecule has 2 aromatic carbocycles. The van der Waals surface area contributed by atoms with Gasteiger partial charge >= 0.3 is 0 Å². The zero-order chi connectivity index (χ0) is 17.1. The van der Waals surface area contributed by atoms with Gasteiger partial charge in [0, 0.05) is 43.1 Å². The Morgan fingerprint density at radius 2 is 1.83 bits per heavy atom. The van der Waals surface area contributed by atoms with E-state index in [-0.39, 0.29) is 11.8 Å². The molecule has 0 unspecified atom stereocenters. The number of carbonyl (C=O) groups excluding carboxylic acids is 2. The van der Waals surface area contributed by atoms with Gasteiger partial charge in [0.2, 0.25) is 5.91 Å². The zero-order valence-corrected chi connectivity index (χ0v) is 13.9. The molecule has 1 aliphatic rings. The number of benzene rings is 2. The van der Waals surface area contributed by atoms with Crippen LogP contribution in [0.5, 0.6) is 0 Å². The van der Waals surface area contributed by atoms with Gasteiger partial charge in [0.15, 0.2) is 0 Å². The minimum absolute atomic E-state index is 0.161. The van der Waals surface area contributed by atoms with Crippen LogP contribution in [0.15, 0.2) is 42.5 Å². The van der Waals surface area contributed by atoms with Crippen LogP contribution < -0.4 is 15.5 Å². The standard InChI is InChI=1S/C19H21N3O2/c1-13(23)20-16-7-3-5-15(12-16)19(24)21-17-8-9-18-14(11-17)6-4-10-22(18)2/h3,5,7-9,11-12H,4,6,10H2,1-2H3,(H,20,23)(H,21,24). The summed E-state index contributed by atoms with van der Waals surface area (Å²) in [6.45, 7) is 2.51. The molecule has 0 spiro atoms. The summed E-state index contributed by atoms with van der Waals surface area (Å²) in [7, 11) is 2.09. The molecule has 2 N–H and O–H groups in total. The number of aryl methyl sites for hydroxylation is 1. The van der Waals surface area contributed by atoms with Crippen LogP contribution in [0, 0.1) is 0 Å². The van der Waals surface area contributed by atoms with E-state index in [0.717, 1.165) is 25.1 Å². The molecule has 1 aliphatic heterocycles. The summed E-state index contributed by atoms with van der Waals surface area (Å²) < 4.78 is 0. The van der Waals surface area contributed by atoms with E-state index >= 15 is 0 Å². The first-order valence-corrected chi connectivity index (χ1v) is 8.06. The summed E-state index contributed by atoms with van der Waals surface area (Å²) in [5.41, 5.74) is 4.40. The van der Waals surface area contributed by atoms with Crippen molar-refractivity contribution in [1.82, 2.24) is 0 Å². The van der Waals surface area contributed by atoms with E-state index < -0.39 is 0 Å². The highest BCUT2D eigenvalue weighted by atomic mass is 16.2. The first kappa shape index (κ1) is 16.1. The van der Waals surface area contributed by atoms with Crippen molar-refractivity contribution in [1.29, 1.82) is 0 Å². The number of fused-ring (bicyclic) bond motifs is 1. The first-order chi connectivity index (χ1) is 11.5. The van der Waals surface area contributed by atoms with Crippen LogP contribution in [0.1, 0.15) is 29.3 Å². The molecule has 0 bridgehead atoms. The third kappa shape index (κ3) is 3.56. The van der Waals surface area contributed by atoms with Crippen LogP contribution in [-0.2, 0) is 11.2 Å². The highest BCUT2D eigenvalue weighted by Gasteiger charge is 2.15. The number of hydrogen-bond donors (Lipinski definition) is 2. The lowest BCUT2D eigenvalue weighted by atomic mass is 10.0. The average molecular weight is 323 g/mol. The van der Waals surface area contributed by atoms with Crippen LogP contribution in [-0.4, -0.2) is 25.4 Å². The third-order valence-corrected chi connectivity index (χ3v) is 4.13. The van der Waals surface area contributed by atoms with E-state index in [1.165, 1.54) is 18.2 Å². The monoisotopic (exact) mass is 323 g/mol. The summed E-state index contributed by atoms with van der Waals surface area (Å²) in [5.74, 6) is -0.349. The second kappa shape index (κ2) is 6.74. The van der Waals surface area contributed by atoms with Crippen LogP contribution in [0.4, 0.5) is 17.1 Å². The van der Waals surface area contributed by atoms with Gasteiger partial charge in [-0.15, -0.1) is 0 Å². The second-order valence-electron chi connectivity index (χ2n) is 6.08. The molecule has 0 aliphatic carbocycles. The Morgan fingerprint density at radius 1 is 1.04 bits per heavy atom. The topological polar surface area (TPSA) is 61.4 Å². The lowest BCUT2D eigenvalue weighted by molar-refractivity contribution is -0.114. The van der Waals surface area contributed by atoms with Crippen molar-refractivity contribution in [3.05, 3.63) is 53.6 Å². The van der Waals surface area contributed by atoms with Gasteiger partial charge in [0.1, 0.15) is 0 Å². The lowest BCUT2D eigenvalue weighted by Gasteiger charge is -2.27. The lowest BCUT2D eigenvalue weighted by Crippen LogP contribution is -2.24. The molecule has 0 saturated heterocycles. The van der Waals surface area contributed by atoms with Gasteiger partial charge in [0.05, 0.1) is 0 Å². The number of amides is 2. The molecule has 2 aromatic rings. The van der Waals surface area contributed by atoms with Crippen LogP contribution >= 0.6 is 0 Å². The molecule has 0 saturated carbocycles. The van der Waals surface area contributed by atoms with Gasteiger partial charge in [0.25, 0.3) is 5.91 Å². The maximum Gasteiger partial charge on any atom is 0.255 e. The highest BCUT2D eigenvalue weighted by molar-refractivity contribution is 6.05. The number of nitrogens with one attached hydrogen (secondary N) is 2. The maximum absolute atomic E-state index is 12.5. The molecule has 3 rings (SSSR count). The van der Waals surface area contributed by atoms with Crippen LogP contribution in [0.3, 0.4) is 0 Å². The molecule has 0 atom stereocenters. The van der Waals surface area contributed by atoms with Gasteiger partial charge in [-0.25, -0.2) is 0 Å². The zero-order valence-electron chi connectivity index (χ0n) is 13.9. The Labute approximate surface area is 141 Å². The fraction of sp³-hybridized carbons (Fsp3) is 0.263. The second-order valence-corrected chi connectivity index (χ2v) is 6.08. The highest BCUT2D eigenvalue weighted by Crippen LogP contribution is 2.28. The summed E-state index contributed by atoms with van der Waals surface area (Å²) >= 11 is 0. The fourth-order valence-corrected chi connectivity index (χ4v) is 3.01. The Bertz CT molecular complexity index is 786. The minimum Gasteiger partial charge on any atom is -0.374 e. The molecule has 24 heavy (non-hydrogen) atoms. The summed E-state index contributed by atoms with van der Waals surface area (Å²) in [6, 6.07) is 12.9. The Morgan fingerprint density at radius 3 is 2.62 bits per heavy atom. The minimum atomic E-state index is -0.189. The van der Waals surface area contributed by atoms with Crippen molar-refractivity contribution in [3.63, 3.8) is 0 Å². The van der Waals surface area contributed by atoms with E-state index in [4.69, 9.17) is 0 Å². The predicted molar refractivity (Wildman–Crippen MR) is 96.7 cm³/mol. The van der Waals surface area contributed by atoms with E-state index in [2.05, 4.69) is 28.6 Å². The molecule has 5 heteroatoms. The molecule has 0 fully saturated rings. The van der Waals surface area contributed by atoms with E-state index in [1.807, 2.05) is 12.1 Å². The summed E-state index contributed by atoms with van der Waals surface area (Å²) in [5, 5.41) is 5.62. The number of anilines is 3. The smallest absolute Gasteiger partial charge is 0.255 e. The van der Waals surface area contributed by atoms with Crippen LogP contribution in [0.25, 0.3) is 0 Å². The summed E-state index contributed by atoms with van der Waals surface area (Å²) in [6.07, 6.45) is 2.15. The number of carbonyl (C=O) groups is 2.